The van der Waals surface area contributed by atoms with Crippen molar-refractivity contribution in [1.29, 1.82) is 0 Å². The third-order valence-electron chi connectivity index (χ3n) is 2.26. The number of rotatable bonds is 0. The SMILES string of the molecule is O=C1CC2OCCCC12. The van der Waals surface area contributed by atoms with E-state index in [9.17, 15) is 4.79 Å². The normalized spacial score (nSPS) is 41.6. The van der Waals surface area contributed by atoms with E-state index in [-0.39, 0.29) is 0 Å². The summed E-state index contributed by atoms with van der Waals surface area (Å²) in [5.74, 6) is 0.707. The van der Waals surface area contributed by atoms with Crippen molar-refractivity contribution < 1.29 is 9.53 Å². The summed E-state index contributed by atoms with van der Waals surface area (Å²) in [6.45, 7) is 0.869. The second kappa shape index (κ2) is 1.81. The fraction of sp³-hybridized carbons (Fsp3) is 0.857. The molecule has 1 saturated heterocycles. The first-order valence-electron chi connectivity index (χ1n) is 3.52. The largest absolute Gasteiger partial charge is 0.377 e. The summed E-state index contributed by atoms with van der Waals surface area (Å²) in [6.07, 6.45) is 3.15. The molecule has 0 N–H and O–H groups in total. The lowest BCUT2D eigenvalue weighted by atomic mass is 9.76. The smallest absolute Gasteiger partial charge is 0.141 e. The Kier molecular flexibility index (Phi) is 1.09. The standard InChI is InChI=1S/C7H10O2/c8-6-4-7-5(6)2-1-3-9-7/h5,7H,1-4H2. The van der Waals surface area contributed by atoms with Gasteiger partial charge in [0.25, 0.3) is 0 Å². The van der Waals surface area contributed by atoms with Gasteiger partial charge in [-0.05, 0) is 12.8 Å². The number of ketones is 1. The maximum Gasteiger partial charge on any atom is 0.141 e. The second-order valence-electron chi connectivity index (χ2n) is 2.83. The van der Waals surface area contributed by atoms with Crippen LogP contribution in [0.3, 0.4) is 0 Å². The topological polar surface area (TPSA) is 26.3 Å². The van der Waals surface area contributed by atoms with Gasteiger partial charge in [-0.25, -0.2) is 0 Å². The van der Waals surface area contributed by atoms with Gasteiger partial charge in [0.15, 0.2) is 0 Å². The molecular formula is C7H10O2. The van der Waals surface area contributed by atoms with E-state index in [1.165, 1.54) is 0 Å². The molecule has 0 aromatic heterocycles. The van der Waals surface area contributed by atoms with Crippen LogP contribution < -0.4 is 0 Å². The predicted octanol–water partition coefficient (Wildman–Crippen LogP) is 0.754. The minimum atomic E-state index is 0.291. The molecule has 0 aromatic carbocycles. The fourth-order valence-electron chi connectivity index (χ4n) is 1.60. The Labute approximate surface area is 54.2 Å². The van der Waals surface area contributed by atoms with E-state index in [1.54, 1.807) is 0 Å². The predicted molar refractivity (Wildman–Crippen MR) is 32.1 cm³/mol. The maximum absolute atomic E-state index is 10.8. The highest BCUT2D eigenvalue weighted by Gasteiger charge is 2.41. The van der Waals surface area contributed by atoms with Gasteiger partial charge in [0.1, 0.15) is 5.78 Å². The van der Waals surface area contributed by atoms with Crippen LogP contribution in [0.4, 0.5) is 0 Å². The maximum atomic E-state index is 10.8. The highest BCUT2D eigenvalue weighted by molar-refractivity contribution is 5.88. The molecule has 0 radical (unpaired) electrons. The van der Waals surface area contributed by atoms with E-state index < -0.39 is 0 Å². The van der Waals surface area contributed by atoms with E-state index in [4.69, 9.17) is 4.74 Å². The van der Waals surface area contributed by atoms with E-state index in [0.29, 0.717) is 24.2 Å². The molecule has 2 rings (SSSR count). The van der Waals surface area contributed by atoms with E-state index >= 15 is 0 Å². The van der Waals surface area contributed by atoms with Crippen molar-refractivity contribution in [2.75, 3.05) is 6.61 Å². The summed E-state index contributed by atoms with van der Waals surface area (Å²) in [7, 11) is 0. The van der Waals surface area contributed by atoms with Gasteiger partial charge in [-0.1, -0.05) is 0 Å². The van der Waals surface area contributed by atoms with Gasteiger partial charge in [-0.15, -0.1) is 0 Å². The lowest BCUT2D eigenvalue weighted by Crippen LogP contribution is -2.46. The molecule has 2 fully saturated rings. The molecule has 0 bridgehead atoms. The highest BCUT2D eigenvalue weighted by atomic mass is 16.5. The summed E-state index contributed by atoms with van der Waals surface area (Å²) in [4.78, 5) is 10.8. The van der Waals surface area contributed by atoms with Crippen LogP contribution in [0.1, 0.15) is 19.3 Å². The Bertz CT molecular complexity index is 142. The molecule has 2 nitrogen and oxygen atoms in total. The number of carbonyl (C=O) groups is 1. The zero-order chi connectivity index (χ0) is 6.27. The molecule has 0 amide bonds. The van der Waals surface area contributed by atoms with Crippen molar-refractivity contribution in [1.82, 2.24) is 0 Å². The van der Waals surface area contributed by atoms with Gasteiger partial charge in [0.2, 0.25) is 0 Å². The van der Waals surface area contributed by atoms with Gasteiger partial charge in [0, 0.05) is 18.9 Å². The van der Waals surface area contributed by atoms with E-state index in [2.05, 4.69) is 0 Å². The molecule has 50 valence electrons. The van der Waals surface area contributed by atoms with Crippen molar-refractivity contribution in [3.8, 4) is 0 Å². The third kappa shape index (κ3) is 0.697. The first-order chi connectivity index (χ1) is 4.38. The summed E-state index contributed by atoms with van der Waals surface area (Å²) >= 11 is 0. The highest BCUT2D eigenvalue weighted by Crippen LogP contribution is 2.33. The Morgan fingerprint density at radius 3 is 3.00 bits per heavy atom. The number of hydrogen-bond donors (Lipinski definition) is 0. The van der Waals surface area contributed by atoms with Gasteiger partial charge in [-0.2, -0.15) is 0 Å². The van der Waals surface area contributed by atoms with Crippen LogP contribution in [0.15, 0.2) is 0 Å². The van der Waals surface area contributed by atoms with Crippen LogP contribution in [0.2, 0.25) is 0 Å². The number of carbonyl (C=O) groups excluding carboxylic acids is 1. The van der Waals surface area contributed by atoms with E-state index in [1.807, 2.05) is 0 Å². The molecule has 2 heteroatoms. The van der Waals surface area contributed by atoms with Crippen molar-refractivity contribution >= 4 is 5.78 Å². The molecule has 2 atom stereocenters. The van der Waals surface area contributed by atoms with Crippen LogP contribution in [0.25, 0.3) is 0 Å². The van der Waals surface area contributed by atoms with Crippen molar-refractivity contribution in [2.24, 2.45) is 5.92 Å². The Morgan fingerprint density at radius 2 is 2.44 bits per heavy atom. The molecule has 1 aliphatic carbocycles. The zero-order valence-electron chi connectivity index (χ0n) is 5.30. The monoisotopic (exact) mass is 126 g/mol. The number of hydrogen-bond acceptors (Lipinski definition) is 2. The van der Waals surface area contributed by atoms with Crippen LogP contribution in [0.5, 0.6) is 0 Å². The zero-order valence-corrected chi connectivity index (χ0v) is 5.30. The second-order valence-corrected chi connectivity index (χ2v) is 2.83. The fourth-order valence-corrected chi connectivity index (χ4v) is 1.60. The number of ether oxygens (including phenoxy) is 1. The molecule has 0 aromatic rings. The number of fused-ring (bicyclic) bond motifs is 1. The molecular weight excluding hydrogens is 116 g/mol. The van der Waals surface area contributed by atoms with Crippen molar-refractivity contribution in [3.05, 3.63) is 0 Å². The van der Waals surface area contributed by atoms with Crippen molar-refractivity contribution in [3.63, 3.8) is 0 Å². The lowest BCUT2D eigenvalue weighted by Gasteiger charge is -2.38. The summed E-state index contributed by atoms with van der Waals surface area (Å²) in [5, 5.41) is 0. The molecule has 2 unspecified atom stereocenters. The lowest BCUT2D eigenvalue weighted by molar-refractivity contribution is -0.152. The third-order valence-corrected chi connectivity index (χ3v) is 2.26. The van der Waals surface area contributed by atoms with Gasteiger partial charge in [0.05, 0.1) is 6.10 Å². The van der Waals surface area contributed by atoms with E-state index in [0.717, 1.165) is 19.4 Å². The molecule has 1 heterocycles. The van der Waals surface area contributed by atoms with Crippen LogP contribution in [0, 0.1) is 5.92 Å². The average Bonchev–Trinajstić information content (AvgIpc) is 1.86. The van der Waals surface area contributed by atoms with Crippen LogP contribution in [-0.2, 0) is 9.53 Å². The molecule has 1 aliphatic heterocycles. The minimum Gasteiger partial charge on any atom is -0.377 e. The summed E-state index contributed by atoms with van der Waals surface area (Å²) in [6, 6.07) is 0. The minimum absolute atomic E-state index is 0.291. The van der Waals surface area contributed by atoms with Gasteiger partial charge >= 0.3 is 0 Å². The Hall–Kier alpha value is -0.370. The van der Waals surface area contributed by atoms with Crippen LogP contribution in [-0.4, -0.2) is 18.5 Å². The Morgan fingerprint density at radius 1 is 1.56 bits per heavy atom. The van der Waals surface area contributed by atoms with Gasteiger partial charge < -0.3 is 4.74 Å². The van der Waals surface area contributed by atoms with Crippen molar-refractivity contribution in [2.45, 2.75) is 25.4 Å². The number of Topliss-reactive ketones (excluding diaryl/α,β-unsaturated/α-hetero) is 1. The molecule has 9 heavy (non-hydrogen) atoms. The Balaban J connectivity index is 2.01. The summed E-state index contributed by atoms with van der Waals surface area (Å²) < 4.78 is 5.33. The quantitative estimate of drug-likeness (QED) is 0.479. The van der Waals surface area contributed by atoms with Gasteiger partial charge in [-0.3, -0.25) is 4.79 Å². The van der Waals surface area contributed by atoms with Crippen LogP contribution >= 0.6 is 0 Å². The summed E-state index contributed by atoms with van der Waals surface area (Å²) in [5.41, 5.74) is 0. The molecule has 0 spiro atoms. The average molecular weight is 126 g/mol. The first kappa shape index (κ1) is 5.42. The molecule has 2 aliphatic rings. The first-order valence-corrected chi connectivity index (χ1v) is 3.52. The molecule has 1 saturated carbocycles.